The Hall–Kier alpha value is -2.43. The fourth-order valence-corrected chi connectivity index (χ4v) is 4.73. The maximum Gasteiger partial charge on any atom is 0.234 e. The van der Waals surface area contributed by atoms with Crippen molar-refractivity contribution in [3.63, 3.8) is 0 Å². The molecular formula is C22H18ClNO2S. The Morgan fingerprint density at radius 2 is 1.85 bits per heavy atom. The predicted octanol–water partition coefficient (Wildman–Crippen LogP) is 5.18. The summed E-state index contributed by atoms with van der Waals surface area (Å²) in [6.07, 6.45) is 1.54. The molecule has 0 bridgehead atoms. The second-order valence-corrected chi connectivity index (χ2v) is 8.04. The van der Waals surface area contributed by atoms with E-state index in [1.807, 2.05) is 47.8 Å². The Kier molecular flexibility index (Phi) is 5.10. The third-order valence-electron chi connectivity index (χ3n) is 4.89. The van der Waals surface area contributed by atoms with Gasteiger partial charge in [0.25, 0.3) is 0 Å². The van der Waals surface area contributed by atoms with Crippen LogP contribution in [-0.2, 0) is 16.0 Å². The van der Waals surface area contributed by atoms with Gasteiger partial charge in [0.1, 0.15) is 0 Å². The molecule has 2 heterocycles. The Morgan fingerprint density at radius 1 is 1.04 bits per heavy atom. The number of carbonyl (C=O) groups is 2. The van der Waals surface area contributed by atoms with E-state index in [2.05, 4.69) is 17.4 Å². The van der Waals surface area contributed by atoms with E-state index in [0.29, 0.717) is 17.9 Å². The normalized spacial score (nSPS) is 17.0. The minimum Gasteiger partial charge on any atom is -0.296 e. The number of amides is 2. The minimum absolute atomic E-state index is 0.216. The van der Waals surface area contributed by atoms with Crippen LogP contribution in [0.15, 0.2) is 60.0 Å². The van der Waals surface area contributed by atoms with Gasteiger partial charge in [0.2, 0.25) is 11.8 Å². The average molecular weight is 396 g/mol. The molecule has 3 aromatic rings. The lowest BCUT2D eigenvalue weighted by molar-refractivity contribution is -0.134. The van der Waals surface area contributed by atoms with Crippen LogP contribution in [0, 0.1) is 0 Å². The predicted molar refractivity (Wildman–Crippen MR) is 109 cm³/mol. The molecular weight excluding hydrogens is 378 g/mol. The van der Waals surface area contributed by atoms with Crippen molar-refractivity contribution in [1.82, 2.24) is 5.32 Å². The van der Waals surface area contributed by atoms with Gasteiger partial charge >= 0.3 is 0 Å². The molecule has 1 N–H and O–H groups in total. The Bertz CT molecular complexity index is 983. The van der Waals surface area contributed by atoms with Crippen LogP contribution in [0.4, 0.5) is 0 Å². The molecule has 1 atom stereocenters. The van der Waals surface area contributed by atoms with Gasteiger partial charge in [-0.3, -0.25) is 14.9 Å². The number of rotatable bonds is 4. The van der Waals surface area contributed by atoms with Crippen LogP contribution in [0.2, 0.25) is 5.02 Å². The lowest BCUT2D eigenvalue weighted by Gasteiger charge is -2.25. The molecule has 1 saturated heterocycles. The van der Waals surface area contributed by atoms with Gasteiger partial charge in [0.15, 0.2) is 0 Å². The number of thiophene rings is 1. The summed E-state index contributed by atoms with van der Waals surface area (Å²) in [5.74, 6) is -0.883. The molecule has 1 unspecified atom stereocenters. The quantitative estimate of drug-likeness (QED) is 0.618. The zero-order valence-corrected chi connectivity index (χ0v) is 16.1. The zero-order chi connectivity index (χ0) is 18.8. The Balaban J connectivity index is 1.83. The van der Waals surface area contributed by atoms with Crippen molar-refractivity contribution in [3.8, 4) is 11.1 Å². The highest BCUT2D eigenvalue weighted by Gasteiger charge is 2.32. The second kappa shape index (κ2) is 7.67. The largest absolute Gasteiger partial charge is 0.296 e. The number of carbonyl (C=O) groups excluding carboxylic acids is 2. The average Bonchev–Trinajstić information content (AvgIpc) is 3.17. The van der Waals surface area contributed by atoms with Crippen LogP contribution in [-0.4, -0.2) is 11.8 Å². The van der Waals surface area contributed by atoms with E-state index in [-0.39, 0.29) is 11.8 Å². The lowest BCUT2D eigenvalue weighted by Crippen LogP contribution is -2.39. The molecule has 1 aliphatic rings. The standard InChI is InChI=1S/C22H18ClNO2S/c23-21-17(14-5-2-1-3-6-14)9-8-15(13-16-7-4-12-27-16)20(21)18-10-11-19(25)24-22(18)26/h1-9,12,18H,10-11,13H2,(H,24,25,26). The summed E-state index contributed by atoms with van der Waals surface area (Å²) >= 11 is 8.55. The summed E-state index contributed by atoms with van der Waals surface area (Å²) < 4.78 is 0. The van der Waals surface area contributed by atoms with E-state index in [4.69, 9.17) is 11.6 Å². The molecule has 2 amide bonds. The molecule has 27 heavy (non-hydrogen) atoms. The summed E-state index contributed by atoms with van der Waals surface area (Å²) in [5, 5.41) is 5.11. The molecule has 2 aromatic carbocycles. The first kappa shape index (κ1) is 18.0. The van der Waals surface area contributed by atoms with Crippen LogP contribution >= 0.6 is 22.9 Å². The van der Waals surface area contributed by atoms with Crippen molar-refractivity contribution in [1.29, 1.82) is 0 Å². The Labute approximate surface area is 167 Å². The number of hydrogen-bond acceptors (Lipinski definition) is 3. The molecule has 1 aromatic heterocycles. The lowest BCUT2D eigenvalue weighted by atomic mass is 9.84. The van der Waals surface area contributed by atoms with Gasteiger partial charge in [-0.15, -0.1) is 11.3 Å². The van der Waals surface area contributed by atoms with Crippen LogP contribution in [0.25, 0.3) is 11.1 Å². The van der Waals surface area contributed by atoms with Gasteiger partial charge in [-0.05, 0) is 34.6 Å². The van der Waals surface area contributed by atoms with Gasteiger partial charge in [-0.1, -0.05) is 60.1 Å². The highest BCUT2D eigenvalue weighted by atomic mass is 35.5. The fraction of sp³-hybridized carbons (Fsp3) is 0.182. The van der Waals surface area contributed by atoms with E-state index in [0.717, 1.165) is 28.7 Å². The first-order valence-corrected chi connectivity index (χ1v) is 10.1. The maximum atomic E-state index is 12.6. The molecule has 0 spiro atoms. The number of halogens is 1. The van der Waals surface area contributed by atoms with Gasteiger partial charge in [-0.25, -0.2) is 0 Å². The molecule has 1 aliphatic heterocycles. The van der Waals surface area contributed by atoms with Crippen molar-refractivity contribution in [2.75, 3.05) is 0 Å². The van der Waals surface area contributed by atoms with Crippen molar-refractivity contribution >= 4 is 34.8 Å². The first-order chi connectivity index (χ1) is 13.1. The van der Waals surface area contributed by atoms with Crippen LogP contribution < -0.4 is 5.32 Å². The van der Waals surface area contributed by atoms with E-state index >= 15 is 0 Å². The van der Waals surface area contributed by atoms with Gasteiger partial charge in [0, 0.05) is 23.3 Å². The van der Waals surface area contributed by atoms with Gasteiger partial charge in [-0.2, -0.15) is 0 Å². The fourth-order valence-electron chi connectivity index (χ4n) is 3.57. The summed E-state index contributed by atoms with van der Waals surface area (Å²) in [7, 11) is 0. The minimum atomic E-state index is -0.408. The monoisotopic (exact) mass is 395 g/mol. The molecule has 3 nitrogen and oxygen atoms in total. The van der Waals surface area contributed by atoms with Crippen molar-refractivity contribution in [3.05, 3.63) is 81.0 Å². The summed E-state index contributed by atoms with van der Waals surface area (Å²) in [5.41, 5.74) is 3.80. The smallest absolute Gasteiger partial charge is 0.234 e. The molecule has 0 aliphatic carbocycles. The second-order valence-electron chi connectivity index (χ2n) is 6.63. The number of piperidine rings is 1. The number of benzene rings is 2. The summed E-state index contributed by atoms with van der Waals surface area (Å²) in [6.45, 7) is 0. The van der Waals surface area contributed by atoms with E-state index < -0.39 is 5.92 Å². The highest BCUT2D eigenvalue weighted by molar-refractivity contribution is 7.09. The van der Waals surface area contributed by atoms with Crippen LogP contribution in [0.5, 0.6) is 0 Å². The van der Waals surface area contributed by atoms with E-state index in [1.165, 1.54) is 4.88 Å². The van der Waals surface area contributed by atoms with Crippen molar-refractivity contribution in [2.24, 2.45) is 0 Å². The van der Waals surface area contributed by atoms with Gasteiger partial charge in [0.05, 0.1) is 10.9 Å². The summed E-state index contributed by atoms with van der Waals surface area (Å²) in [6, 6.07) is 18.1. The molecule has 0 saturated carbocycles. The number of nitrogens with one attached hydrogen (secondary N) is 1. The molecule has 136 valence electrons. The molecule has 5 heteroatoms. The zero-order valence-electron chi connectivity index (χ0n) is 14.6. The number of imide groups is 1. The third kappa shape index (κ3) is 3.68. The third-order valence-corrected chi connectivity index (χ3v) is 6.17. The SMILES string of the molecule is O=C1CCC(c2c(Cc3cccs3)ccc(-c3ccccc3)c2Cl)C(=O)N1. The van der Waals surface area contributed by atoms with Crippen LogP contribution in [0.1, 0.15) is 34.8 Å². The molecule has 1 fully saturated rings. The summed E-state index contributed by atoms with van der Waals surface area (Å²) in [4.78, 5) is 25.4. The van der Waals surface area contributed by atoms with E-state index in [1.54, 1.807) is 11.3 Å². The van der Waals surface area contributed by atoms with Crippen LogP contribution in [0.3, 0.4) is 0 Å². The first-order valence-electron chi connectivity index (χ1n) is 8.86. The maximum absolute atomic E-state index is 12.6. The van der Waals surface area contributed by atoms with E-state index in [9.17, 15) is 9.59 Å². The molecule has 0 radical (unpaired) electrons. The van der Waals surface area contributed by atoms with Crippen molar-refractivity contribution in [2.45, 2.75) is 25.2 Å². The Morgan fingerprint density at radius 3 is 2.56 bits per heavy atom. The number of hydrogen-bond donors (Lipinski definition) is 1. The van der Waals surface area contributed by atoms with Gasteiger partial charge < -0.3 is 0 Å². The molecule has 4 rings (SSSR count). The highest BCUT2D eigenvalue weighted by Crippen LogP contribution is 2.40. The topological polar surface area (TPSA) is 46.2 Å². The van der Waals surface area contributed by atoms with Crippen molar-refractivity contribution < 1.29 is 9.59 Å².